The van der Waals surface area contributed by atoms with Gasteiger partial charge in [0.15, 0.2) is 0 Å². The van der Waals surface area contributed by atoms with Crippen LogP contribution in [0.3, 0.4) is 0 Å². The predicted molar refractivity (Wildman–Crippen MR) is 115 cm³/mol. The Morgan fingerprint density at radius 2 is 1.94 bits per heavy atom. The van der Waals surface area contributed by atoms with E-state index in [0.717, 1.165) is 6.07 Å². The minimum atomic E-state index is -4.61. The van der Waals surface area contributed by atoms with E-state index in [0.29, 0.717) is 5.39 Å². The highest BCUT2D eigenvalue weighted by Crippen LogP contribution is 2.41. The molecule has 0 bridgehead atoms. The van der Waals surface area contributed by atoms with Gasteiger partial charge in [0, 0.05) is 23.1 Å². The topological polar surface area (TPSA) is 73.1 Å². The summed E-state index contributed by atoms with van der Waals surface area (Å²) in [5.74, 6) is -0.617. The number of fused-ring (bicyclic) bond motifs is 1. The molecule has 0 amide bonds. The van der Waals surface area contributed by atoms with E-state index in [1.165, 1.54) is 24.3 Å². The Morgan fingerprint density at radius 1 is 1.23 bits per heavy atom. The zero-order valence-corrected chi connectivity index (χ0v) is 18.7. The second-order valence-electron chi connectivity index (χ2n) is 7.00. The molecule has 2 aromatic carbocycles. The molecule has 0 saturated carbocycles. The van der Waals surface area contributed by atoms with Crippen LogP contribution in [-0.4, -0.2) is 22.6 Å². The first-order valence-corrected chi connectivity index (χ1v) is 10.3. The number of nitrogens with two attached hydrogens (primary N) is 1. The van der Waals surface area contributed by atoms with Gasteiger partial charge in [-0.25, -0.2) is 14.4 Å². The summed E-state index contributed by atoms with van der Waals surface area (Å²) in [6.07, 6.45) is -4.61. The van der Waals surface area contributed by atoms with Crippen LogP contribution in [-0.2, 0) is 6.18 Å². The van der Waals surface area contributed by atoms with Crippen molar-refractivity contribution in [2.75, 3.05) is 11.9 Å². The van der Waals surface area contributed by atoms with Crippen LogP contribution in [0.25, 0.3) is 10.9 Å². The molecule has 2 atom stereocenters. The van der Waals surface area contributed by atoms with Crippen molar-refractivity contribution >= 4 is 44.3 Å². The largest absolute Gasteiger partial charge is 0.491 e. The smallest absolute Gasteiger partial charge is 0.419 e. The summed E-state index contributed by atoms with van der Waals surface area (Å²) >= 11 is 9.07. The van der Waals surface area contributed by atoms with Crippen molar-refractivity contribution in [2.24, 2.45) is 5.73 Å². The van der Waals surface area contributed by atoms with E-state index >= 15 is 0 Å². The molecule has 11 heteroatoms. The Hall–Kier alpha value is -2.17. The number of aromatic nitrogens is 2. The van der Waals surface area contributed by atoms with Gasteiger partial charge in [0.05, 0.1) is 21.6 Å². The molecule has 1 heterocycles. The van der Waals surface area contributed by atoms with E-state index in [2.05, 4.69) is 31.2 Å². The zero-order chi connectivity index (χ0) is 22.9. The fourth-order valence-corrected chi connectivity index (χ4v) is 3.50. The molecule has 0 saturated heterocycles. The van der Waals surface area contributed by atoms with E-state index in [-0.39, 0.29) is 39.0 Å². The number of hydrogen-bond donors (Lipinski definition) is 2. The third kappa shape index (κ3) is 5.36. The van der Waals surface area contributed by atoms with Crippen LogP contribution < -0.4 is 15.8 Å². The van der Waals surface area contributed by atoms with Crippen LogP contribution in [0.5, 0.6) is 5.75 Å². The zero-order valence-electron chi connectivity index (χ0n) is 16.4. The molecule has 0 radical (unpaired) electrons. The van der Waals surface area contributed by atoms with Crippen molar-refractivity contribution in [3.8, 4) is 5.75 Å². The van der Waals surface area contributed by atoms with Gasteiger partial charge in [-0.3, -0.25) is 0 Å². The molecule has 3 N–H and O–H groups in total. The Balaban J connectivity index is 2.06. The summed E-state index contributed by atoms with van der Waals surface area (Å²) in [4.78, 5) is 8.13. The second kappa shape index (κ2) is 9.13. The Kier molecular flexibility index (Phi) is 6.92. The van der Waals surface area contributed by atoms with E-state index in [1.54, 1.807) is 13.8 Å². The number of benzene rings is 2. The van der Waals surface area contributed by atoms with Crippen molar-refractivity contribution < 1.29 is 22.3 Å². The number of hydrogen-bond acceptors (Lipinski definition) is 5. The maximum absolute atomic E-state index is 13.9. The molecular formula is C20H18BrClF4N4O. The summed E-state index contributed by atoms with van der Waals surface area (Å²) in [5.41, 5.74) is 5.25. The monoisotopic (exact) mass is 520 g/mol. The quantitative estimate of drug-likeness (QED) is 0.303. The van der Waals surface area contributed by atoms with Crippen LogP contribution in [0, 0.1) is 5.82 Å². The minimum absolute atomic E-state index is 0.0959. The molecule has 1 aromatic heterocycles. The van der Waals surface area contributed by atoms with E-state index in [1.807, 2.05) is 0 Å². The number of ether oxygens (including phenoxy) is 1. The number of nitrogens with one attached hydrogen (secondary N) is 1. The van der Waals surface area contributed by atoms with Gasteiger partial charge in [0.2, 0.25) is 5.28 Å². The maximum atomic E-state index is 13.9. The van der Waals surface area contributed by atoms with Crippen molar-refractivity contribution in [1.29, 1.82) is 0 Å². The number of alkyl halides is 3. The first-order chi connectivity index (χ1) is 14.5. The Labute approximate surface area is 189 Å². The number of para-hydroxylation sites is 1. The summed E-state index contributed by atoms with van der Waals surface area (Å²) in [6.45, 7) is 3.18. The maximum Gasteiger partial charge on any atom is 0.419 e. The number of nitrogens with zero attached hydrogens (tertiary/aromatic N) is 2. The van der Waals surface area contributed by atoms with Gasteiger partial charge >= 0.3 is 6.18 Å². The summed E-state index contributed by atoms with van der Waals surface area (Å²) in [7, 11) is 0. The van der Waals surface area contributed by atoms with Gasteiger partial charge in [-0.2, -0.15) is 13.2 Å². The summed E-state index contributed by atoms with van der Waals surface area (Å²) in [5, 5.41) is 3.34. The summed E-state index contributed by atoms with van der Waals surface area (Å²) < 4.78 is 60.3. The highest BCUT2D eigenvalue weighted by Gasteiger charge is 2.36. The van der Waals surface area contributed by atoms with E-state index < -0.39 is 29.6 Å². The molecule has 0 aliphatic carbocycles. The van der Waals surface area contributed by atoms with Crippen LogP contribution in [0.2, 0.25) is 5.28 Å². The molecular weight excluding hydrogens is 504 g/mol. The Bertz CT molecular complexity index is 1110. The van der Waals surface area contributed by atoms with Crippen LogP contribution in [0.15, 0.2) is 34.8 Å². The van der Waals surface area contributed by atoms with Gasteiger partial charge in [-0.15, -0.1) is 0 Å². The third-order valence-corrected chi connectivity index (χ3v) is 5.15. The molecule has 0 aliphatic rings. The average Bonchev–Trinajstić information content (AvgIpc) is 2.66. The molecule has 0 aliphatic heterocycles. The molecule has 0 spiro atoms. The minimum Gasteiger partial charge on any atom is -0.491 e. The molecule has 5 nitrogen and oxygen atoms in total. The lowest BCUT2D eigenvalue weighted by molar-refractivity contribution is -0.139. The first-order valence-electron chi connectivity index (χ1n) is 9.14. The predicted octanol–water partition coefficient (Wildman–Crippen LogP) is 6.10. The lowest BCUT2D eigenvalue weighted by Gasteiger charge is -2.23. The molecule has 31 heavy (non-hydrogen) atoms. The second-order valence-corrected chi connectivity index (χ2v) is 8.19. The number of halogens is 6. The molecule has 3 rings (SSSR count). The van der Waals surface area contributed by atoms with Crippen molar-refractivity contribution in [3.63, 3.8) is 0 Å². The van der Waals surface area contributed by atoms with Crippen LogP contribution >= 0.6 is 27.5 Å². The highest BCUT2D eigenvalue weighted by atomic mass is 79.9. The van der Waals surface area contributed by atoms with Crippen molar-refractivity contribution in [3.05, 3.63) is 57.0 Å². The van der Waals surface area contributed by atoms with Crippen LogP contribution in [0.1, 0.15) is 31.0 Å². The summed E-state index contributed by atoms with van der Waals surface area (Å²) in [6, 6.07) is 5.28. The van der Waals surface area contributed by atoms with Gasteiger partial charge < -0.3 is 15.8 Å². The van der Waals surface area contributed by atoms with Gasteiger partial charge in [0.25, 0.3) is 0 Å². The van der Waals surface area contributed by atoms with Gasteiger partial charge in [-0.1, -0.05) is 12.1 Å². The van der Waals surface area contributed by atoms with Crippen molar-refractivity contribution in [1.82, 2.24) is 9.97 Å². The van der Waals surface area contributed by atoms with Crippen molar-refractivity contribution in [2.45, 2.75) is 32.1 Å². The number of anilines is 1. The van der Waals surface area contributed by atoms with E-state index in [9.17, 15) is 17.6 Å². The molecule has 0 unspecified atom stereocenters. The van der Waals surface area contributed by atoms with Crippen LogP contribution in [0.4, 0.5) is 23.4 Å². The molecule has 166 valence electrons. The third-order valence-electron chi connectivity index (χ3n) is 4.37. The fraction of sp³-hybridized carbons (Fsp3) is 0.300. The first kappa shape index (κ1) is 23.5. The van der Waals surface area contributed by atoms with Gasteiger partial charge in [-0.05, 0) is 53.5 Å². The average molecular weight is 522 g/mol. The standard InChI is InChI=1S/C20H18BrClF4N4O/c1-9(27)8-31-17-11(4-3-5-13(17)20(24,25)26)10(2)28-18-12-6-14(21)15(23)7-16(12)29-19(22)30-18/h3-7,9-10H,8,27H2,1-2H3,(H,28,29,30)/t9-,10-/m1/s1. The highest BCUT2D eigenvalue weighted by molar-refractivity contribution is 9.10. The molecule has 0 fully saturated rings. The fourth-order valence-electron chi connectivity index (χ4n) is 2.98. The Morgan fingerprint density at radius 3 is 2.58 bits per heavy atom. The van der Waals surface area contributed by atoms with E-state index in [4.69, 9.17) is 22.1 Å². The lowest BCUT2D eigenvalue weighted by Crippen LogP contribution is -2.25. The van der Waals surface area contributed by atoms with Gasteiger partial charge in [0.1, 0.15) is 24.0 Å². The number of rotatable bonds is 6. The lowest BCUT2D eigenvalue weighted by atomic mass is 10.0. The normalized spacial score (nSPS) is 13.8. The molecule has 3 aromatic rings. The SMILES string of the molecule is C[C@@H](N)COc1c([C@@H](C)Nc2nc(Cl)nc3cc(F)c(Br)cc23)cccc1C(F)(F)F.